The highest BCUT2D eigenvalue weighted by atomic mass is 32.2. The Morgan fingerprint density at radius 2 is 1.22 bits per heavy atom. The predicted molar refractivity (Wildman–Crippen MR) is 172 cm³/mol. The van der Waals surface area contributed by atoms with Gasteiger partial charge in [-0.1, -0.05) is 12.2 Å². The molecule has 3 N–H and O–H groups in total. The molecule has 0 aliphatic heterocycles. The van der Waals surface area contributed by atoms with Gasteiger partial charge in [-0.2, -0.15) is 35.5 Å². The molecule has 0 saturated carbocycles. The van der Waals surface area contributed by atoms with Crippen LogP contribution in [-0.4, -0.2) is 55.8 Å². The lowest BCUT2D eigenvalue weighted by atomic mass is 10.1. The van der Waals surface area contributed by atoms with E-state index in [0.717, 1.165) is 54.6 Å². The Hall–Kier alpha value is -5.45. The van der Waals surface area contributed by atoms with Crippen LogP contribution in [0.5, 0.6) is 5.75 Å². The Morgan fingerprint density at radius 3 is 1.71 bits per heavy atom. The summed E-state index contributed by atoms with van der Waals surface area (Å²) in [6, 6.07) is 13.3. The van der Waals surface area contributed by atoms with E-state index in [9.17, 15) is 49.7 Å². The van der Waals surface area contributed by atoms with Crippen molar-refractivity contribution >= 4 is 70.9 Å². The summed E-state index contributed by atoms with van der Waals surface area (Å²) >= 11 is 0. The van der Waals surface area contributed by atoms with Crippen molar-refractivity contribution in [1.29, 1.82) is 0 Å². The number of azo groups is 2. The van der Waals surface area contributed by atoms with Crippen LogP contribution in [0.2, 0.25) is 0 Å². The zero-order valence-electron chi connectivity index (χ0n) is 25.0. The van der Waals surface area contributed by atoms with E-state index in [4.69, 9.17) is 9.29 Å². The molecule has 4 aromatic carbocycles. The second-order valence-electron chi connectivity index (χ2n) is 9.84. The SMILES string of the molecule is COc1cc(N=Nc2ccc(S(=O)(=O)O)cc2)c(C)cc1N=[N+]([O-])c1ccc(/C=C/c2ccc([N+](=O)[O-])cc2S(=O)(=O)O)c(S(=O)(=O)O)c1. The molecule has 0 bridgehead atoms. The molecule has 0 fully saturated rings. The van der Waals surface area contributed by atoms with E-state index in [0.29, 0.717) is 11.6 Å². The Bertz CT molecular complexity index is 2390. The molecule has 0 aromatic heterocycles. The van der Waals surface area contributed by atoms with E-state index in [2.05, 4.69) is 15.3 Å². The number of methoxy groups -OCH3 is 1. The van der Waals surface area contributed by atoms with Crippen molar-refractivity contribution < 1.29 is 53.4 Å². The minimum Gasteiger partial charge on any atom is -0.594 e. The molecular formula is C28H23N5O13S3. The number of hydrogen-bond donors (Lipinski definition) is 3. The topological polar surface area (TPSA) is 279 Å². The molecule has 256 valence electrons. The molecule has 0 amide bonds. The lowest BCUT2D eigenvalue weighted by molar-refractivity contribution is -0.435. The number of benzene rings is 4. The van der Waals surface area contributed by atoms with Gasteiger partial charge in [0.15, 0.2) is 11.4 Å². The van der Waals surface area contributed by atoms with Crippen molar-refractivity contribution in [2.24, 2.45) is 15.3 Å². The summed E-state index contributed by atoms with van der Waals surface area (Å²) in [6.45, 7) is 1.61. The highest BCUT2D eigenvalue weighted by molar-refractivity contribution is 7.86. The second kappa shape index (κ2) is 14.0. The number of non-ortho nitro benzene ring substituents is 1. The molecule has 49 heavy (non-hydrogen) atoms. The summed E-state index contributed by atoms with van der Waals surface area (Å²) in [5, 5.41) is 36.1. The molecule has 4 rings (SSSR count). The predicted octanol–water partition coefficient (Wildman–Crippen LogP) is 6.16. The molecule has 0 heterocycles. The van der Waals surface area contributed by atoms with Gasteiger partial charge >= 0.3 is 0 Å². The zero-order valence-corrected chi connectivity index (χ0v) is 27.4. The van der Waals surface area contributed by atoms with Crippen LogP contribution in [0.3, 0.4) is 0 Å². The van der Waals surface area contributed by atoms with Crippen LogP contribution in [0.15, 0.2) is 103 Å². The molecule has 18 nitrogen and oxygen atoms in total. The van der Waals surface area contributed by atoms with E-state index in [1.165, 1.54) is 31.4 Å². The normalized spacial score (nSPS) is 12.9. The fraction of sp³-hybridized carbons (Fsp3) is 0.0714. The van der Waals surface area contributed by atoms with E-state index in [-0.39, 0.29) is 49.4 Å². The quantitative estimate of drug-likeness (QED) is 0.0389. The Balaban J connectivity index is 1.68. The van der Waals surface area contributed by atoms with Gasteiger partial charge in [-0.15, -0.1) is 0 Å². The standard InChI is InChI=1S/C28H23N5O13S3/c1-17-13-25(26(46-2)16-24(17)30-29-20-7-11-23(12-8-20)47(37,38)39)31-32(34)21-9-5-18(27(14-21)48(40,41)42)3-4-19-6-10-22(33(35)36)15-28(19)49(43,44)45/h3-16H,1-2H3,(H,37,38,39)(H,40,41,42)(H,43,44,45)/b4-3+,30-29?,32-31?. The lowest BCUT2D eigenvalue weighted by Gasteiger charge is -2.09. The number of nitro benzene ring substituents is 1. The summed E-state index contributed by atoms with van der Waals surface area (Å²) in [6.07, 6.45) is 2.06. The van der Waals surface area contributed by atoms with E-state index in [1.54, 1.807) is 6.92 Å². The maximum absolute atomic E-state index is 13.0. The van der Waals surface area contributed by atoms with Crippen molar-refractivity contribution in [3.63, 3.8) is 0 Å². The van der Waals surface area contributed by atoms with E-state index >= 15 is 0 Å². The number of rotatable bonds is 11. The van der Waals surface area contributed by atoms with Crippen molar-refractivity contribution in [3.8, 4) is 5.75 Å². The number of hydrogen-bond acceptors (Lipinski definition) is 13. The van der Waals surface area contributed by atoms with Crippen molar-refractivity contribution in [1.82, 2.24) is 0 Å². The van der Waals surface area contributed by atoms with Crippen LogP contribution < -0.4 is 4.74 Å². The fourth-order valence-corrected chi connectivity index (χ4v) is 6.03. The molecule has 0 spiro atoms. The van der Waals surface area contributed by atoms with E-state index in [1.807, 2.05) is 0 Å². The highest BCUT2D eigenvalue weighted by Gasteiger charge is 2.22. The van der Waals surface area contributed by atoms with Gasteiger partial charge < -0.3 is 9.94 Å². The monoisotopic (exact) mass is 733 g/mol. The molecule has 21 heteroatoms. The third kappa shape index (κ3) is 8.92. The largest absolute Gasteiger partial charge is 0.594 e. The van der Waals surface area contributed by atoms with Crippen LogP contribution in [-0.2, 0) is 30.4 Å². The van der Waals surface area contributed by atoms with Gasteiger partial charge in [0.25, 0.3) is 36.0 Å². The number of aryl methyl sites for hydroxylation is 1. The van der Waals surface area contributed by atoms with Gasteiger partial charge in [0.05, 0.1) is 28.3 Å². The summed E-state index contributed by atoms with van der Waals surface area (Å²) in [7, 11) is -13.0. The van der Waals surface area contributed by atoms with E-state index < -0.39 is 50.8 Å². The first-order valence-electron chi connectivity index (χ1n) is 13.2. The van der Waals surface area contributed by atoms with Crippen LogP contribution >= 0.6 is 0 Å². The van der Waals surface area contributed by atoms with Gasteiger partial charge in [-0.25, -0.2) is 0 Å². The fourth-order valence-electron chi connectivity index (χ4n) is 4.14. The maximum Gasteiger partial charge on any atom is 0.295 e. The van der Waals surface area contributed by atoms with Gasteiger partial charge in [-0.3, -0.25) is 23.8 Å². The van der Waals surface area contributed by atoms with Gasteiger partial charge in [0.1, 0.15) is 9.79 Å². The van der Waals surface area contributed by atoms with Crippen LogP contribution in [0.4, 0.5) is 28.4 Å². The first-order valence-corrected chi connectivity index (χ1v) is 17.5. The zero-order chi connectivity index (χ0) is 36.3. The molecule has 0 unspecified atom stereocenters. The first-order chi connectivity index (χ1) is 22.8. The number of ether oxygens (including phenoxy) is 1. The van der Waals surface area contributed by atoms with Gasteiger partial charge in [0.2, 0.25) is 5.69 Å². The van der Waals surface area contributed by atoms with Crippen molar-refractivity contribution in [2.75, 3.05) is 7.11 Å². The molecular weight excluding hydrogens is 711 g/mol. The molecule has 0 atom stereocenters. The summed E-state index contributed by atoms with van der Waals surface area (Å²) in [4.78, 5) is 8.27. The van der Waals surface area contributed by atoms with Gasteiger partial charge in [-0.05, 0) is 70.9 Å². The van der Waals surface area contributed by atoms with Crippen molar-refractivity contribution in [3.05, 3.63) is 105 Å². The molecule has 0 aliphatic rings. The third-order valence-electron chi connectivity index (χ3n) is 6.53. The minimum absolute atomic E-state index is 0.0141. The van der Waals surface area contributed by atoms with Gasteiger partial charge in [0, 0.05) is 35.4 Å². The second-order valence-corrected chi connectivity index (χ2v) is 14.0. The Kier molecular flexibility index (Phi) is 10.4. The smallest absolute Gasteiger partial charge is 0.295 e. The minimum atomic E-state index is -4.99. The van der Waals surface area contributed by atoms with Crippen LogP contribution in [0.25, 0.3) is 12.2 Å². The van der Waals surface area contributed by atoms with Crippen LogP contribution in [0.1, 0.15) is 16.7 Å². The summed E-state index contributed by atoms with van der Waals surface area (Å²) in [5.41, 5.74) is -0.498. The Labute approximate surface area is 278 Å². The summed E-state index contributed by atoms with van der Waals surface area (Å²) < 4.78 is 104. The highest BCUT2D eigenvalue weighted by Crippen LogP contribution is 2.37. The Morgan fingerprint density at radius 1 is 0.694 bits per heavy atom. The number of nitrogens with zero attached hydrogens (tertiary/aromatic N) is 5. The molecule has 0 radical (unpaired) electrons. The average molecular weight is 734 g/mol. The number of nitro groups is 1. The van der Waals surface area contributed by atoms with Crippen LogP contribution in [0, 0.1) is 22.2 Å². The third-order valence-corrected chi connectivity index (χ3v) is 9.21. The summed E-state index contributed by atoms with van der Waals surface area (Å²) in [5.74, 6) is 0.0504. The maximum atomic E-state index is 13.0. The molecule has 0 saturated heterocycles. The molecule has 4 aromatic rings. The van der Waals surface area contributed by atoms with Crippen molar-refractivity contribution in [2.45, 2.75) is 21.6 Å². The first kappa shape index (κ1) is 36.4. The molecule has 0 aliphatic carbocycles. The average Bonchev–Trinajstić information content (AvgIpc) is 3.02. The lowest BCUT2D eigenvalue weighted by Crippen LogP contribution is -2.03.